The fourth-order valence-electron chi connectivity index (χ4n) is 4.08. The van der Waals surface area contributed by atoms with Crippen molar-refractivity contribution in [3.05, 3.63) is 12.3 Å². The first-order chi connectivity index (χ1) is 10.8. The third-order valence-corrected chi connectivity index (χ3v) is 5.42. The average Bonchev–Trinajstić information content (AvgIpc) is 3.03. The lowest BCUT2D eigenvalue weighted by Gasteiger charge is -2.29. The molecule has 0 aromatic carbocycles. The maximum Gasteiger partial charge on any atom is 0.237 e. The molecule has 0 aromatic rings. The van der Waals surface area contributed by atoms with Gasteiger partial charge < -0.3 is 10.1 Å². The van der Waals surface area contributed by atoms with E-state index in [0.717, 1.165) is 45.3 Å². The molecule has 2 atom stereocenters. The van der Waals surface area contributed by atoms with Crippen molar-refractivity contribution in [2.45, 2.75) is 69.9 Å². The predicted molar refractivity (Wildman–Crippen MR) is 87.4 cm³/mol. The van der Waals surface area contributed by atoms with E-state index in [-0.39, 0.29) is 18.1 Å². The van der Waals surface area contributed by atoms with Crippen LogP contribution in [0.3, 0.4) is 0 Å². The molecule has 1 amide bonds. The van der Waals surface area contributed by atoms with Crippen molar-refractivity contribution in [2.24, 2.45) is 5.92 Å². The summed E-state index contributed by atoms with van der Waals surface area (Å²) in [6.45, 7) is 2.81. The van der Waals surface area contributed by atoms with Gasteiger partial charge in [-0.1, -0.05) is 19.3 Å². The SMILES string of the molecule is O=C(NCC1CCCCC1)[C@H]1CCCN1C[C@H]1CCC=CO1. The number of carbonyl (C=O) groups is 1. The van der Waals surface area contributed by atoms with Gasteiger partial charge >= 0.3 is 0 Å². The van der Waals surface area contributed by atoms with Gasteiger partial charge in [0.25, 0.3) is 0 Å². The summed E-state index contributed by atoms with van der Waals surface area (Å²) in [6.07, 6.45) is 15.1. The summed E-state index contributed by atoms with van der Waals surface area (Å²) in [4.78, 5) is 14.9. The second-order valence-electron chi connectivity index (χ2n) is 7.11. The Morgan fingerprint density at radius 3 is 2.77 bits per heavy atom. The van der Waals surface area contributed by atoms with Crippen LogP contribution in [0.5, 0.6) is 0 Å². The highest BCUT2D eigenvalue weighted by atomic mass is 16.5. The number of carbonyl (C=O) groups excluding carboxylic acids is 1. The van der Waals surface area contributed by atoms with Crippen molar-refractivity contribution >= 4 is 5.91 Å². The highest BCUT2D eigenvalue weighted by Crippen LogP contribution is 2.24. The number of likely N-dealkylation sites (tertiary alicyclic amines) is 1. The van der Waals surface area contributed by atoms with Gasteiger partial charge in [-0.3, -0.25) is 9.69 Å². The second kappa shape index (κ2) is 8.00. The summed E-state index contributed by atoms with van der Waals surface area (Å²) in [5.74, 6) is 0.953. The number of amides is 1. The smallest absolute Gasteiger partial charge is 0.237 e. The van der Waals surface area contributed by atoms with Gasteiger partial charge in [-0.15, -0.1) is 0 Å². The number of nitrogens with zero attached hydrogens (tertiary/aromatic N) is 1. The zero-order valence-electron chi connectivity index (χ0n) is 13.6. The van der Waals surface area contributed by atoms with Crippen molar-refractivity contribution in [3.63, 3.8) is 0 Å². The number of hydrogen-bond donors (Lipinski definition) is 1. The third kappa shape index (κ3) is 4.25. The Morgan fingerprint density at radius 2 is 2.00 bits per heavy atom. The third-order valence-electron chi connectivity index (χ3n) is 5.42. The van der Waals surface area contributed by atoms with Crippen LogP contribution >= 0.6 is 0 Å². The molecule has 2 aliphatic heterocycles. The Morgan fingerprint density at radius 1 is 1.14 bits per heavy atom. The fourth-order valence-corrected chi connectivity index (χ4v) is 4.08. The highest BCUT2D eigenvalue weighted by molar-refractivity contribution is 5.82. The molecular formula is C18H30N2O2. The van der Waals surface area contributed by atoms with Crippen LogP contribution in [0.15, 0.2) is 12.3 Å². The summed E-state index contributed by atoms with van der Waals surface area (Å²) in [7, 11) is 0. The van der Waals surface area contributed by atoms with E-state index >= 15 is 0 Å². The lowest BCUT2D eigenvalue weighted by atomic mass is 9.89. The normalized spacial score (nSPS) is 30.2. The standard InChI is InChI=1S/C18H30N2O2/c21-18(19-13-15-7-2-1-3-8-15)17-10-6-11-20(17)14-16-9-4-5-12-22-16/h5,12,15-17H,1-4,6-11,13-14H2,(H,19,21)/t16-,17-/m1/s1. The van der Waals surface area contributed by atoms with Crippen LogP contribution < -0.4 is 5.32 Å². The molecule has 3 aliphatic rings. The average molecular weight is 306 g/mol. The van der Waals surface area contributed by atoms with E-state index in [1.807, 2.05) is 6.26 Å². The number of nitrogens with one attached hydrogen (secondary N) is 1. The van der Waals surface area contributed by atoms with Gasteiger partial charge in [0.05, 0.1) is 12.3 Å². The molecule has 0 unspecified atom stereocenters. The molecule has 3 rings (SSSR count). The molecule has 2 fully saturated rings. The van der Waals surface area contributed by atoms with Crippen LogP contribution in [-0.4, -0.2) is 42.6 Å². The fraction of sp³-hybridized carbons (Fsp3) is 0.833. The minimum absolute atomic E-state index is 0.0677. The van der Waals surface area contributed by atoms with Gasteiger partial charge in [-0.05, 0) is 57.1 Å². The Hall–Kier alpha value is -1.03. The van der Waals surface area contributed by atoms with Gasteiger partial charge in [0.15, 0.2) is 0 Å². The summed E-state index contributed by atoms with van der Waals surface area (Å²) in [6, 6.07) is 0.0677. The summed E-state index contributed by atoms with van der Waals surface area (Å²) in [5, 5.41) is 3.23. The molecule has 4 heteroatoms. The van der Waals surface area contributed by atoms with Crippen LogP contribution in [0.1, 0.15) is 57.8 Å². The first-order valence-electron chi connectivity index (χ1n) is 9.15. The minimum atomic E-state index is 0.0677. The Kier molecular flexibility index (Phi) is 5.76. The second-order valence-corrected chi connectivity index (χ2v) is 7.11. The molecule has 1 saturated carbocycles. The van der Waals surface area contributed by atoms with Gasteiger partial charge in [-0.25, -0.2) is 0 Å². The molecular weight excluding hydrogens is 276 g/mol. The maximum atomic E-state index is 12.5. The van der Waals surface area contributed by atoms with Crippen molar-refractivity contribution in [2.75, 3.05) is 19.6 Å². The van der Waals surface area contributed by atoms with Gasteiger partial charge in [-0.2, -0.15) is 0 Å². The molecule has 2 heterocycles. The first-order valence-corrected chi connectivity index (χ1v) is 9.15. The Balaban J connectivity index is 1.44. The molecule has 1 saturated heterocycles. The topological polar surface area (TPSA) is 41.6 Å². The molecule has 0 bridgehead atoms. The number of allylic oxidation sites excluding steroid dienone is 1. The van der Waals surface area contributed by atoms with Crippen molar-refractivity contribution in [1.82, 2.24) is 10.2 Å². The zero-order valence-corrected chi connectivity index (χ0v) is 13.6. The number of hydrogen-bond acceptors (Lipinski definition) is 3. The van der Waals surface area contributed by atoms with E-state index in [9.17, 15) is 4.79 Å². The molecule has 0 radical (unpaired) electrons. The maximum absolute atomic E-state index is 12.5. The van der Waals surface area contributed by atoms with Gasteiger partial charge in [0.1, 0.15) is 6.10 Å². The molecule has 0 spiro atoms. The predicted octanol–water partition coefficient (Wildman–Crippen LogP) is 2.84. The monoisotopic (exact) mass is 306 g/mol. The minimum Gasteiger partial charge on any atom is -0.497 e. The van der Waals surface area contributed by atoms with Crippen LogP contribution in [0.25, 0.3) is 0 Å². The molecule has 22 heavy (non-hydrogen) atoms. The Bertz CT molecular complexity index is 391. The Labute approximate surface area is 134 Å². The summed E-state index contributed by atoms with van der Waals surface area (Å²) < 4.78 is 5.67. The van der Waals surface area contributed by atoms with Crippen molar-refractivity contribution in [1.29, 1.82) is 0 Å². The lowest BCUT2D eigenvalue weighted by molar-refractivity contribution is -0.126. The molecule has 1 aliphatic carbocycles. The first kappa shape index (κ1) is 15.9. The van der Waals surface area contributed by atoms with Gasteiger partial charge in [0.2, 0.25) is 5.91 Å². The molecule has 0 aromatic heterocycles. The van der Waals surface area contributed by atoms with Crippen molar-refractivity contribution in [3.8, 4) is 0 Å². The lowest BCUT2D eigenvalue weighted by Crippen LogP contribution is -2.47. The van der Waals surface area contributed by atoms with E-state index in [2.05, 4.69) is 16.3 Å². The van der Waals surface area contributed by atoms with Gasteiger partial charge in [0, 0.05) is 13.1 Å². The number of ether oxygens (including phenoxy) is 1. The summed E-state index contributed by atoms with van der Waals surface area (Å²) >= 11 is 0. The zero-order chi connectivity index (χ0) is 15.2. The van der Waals surface area contributed by atoms with E-state index in [4.69, 9.17) is 4.74 Å². The molecule has 124 valence electrons. The number of rotatable bonds is 5. The molecule has 1 N–H and O–H groups in total. The largest absolute Gasteiger partial charge is 0.497 e. The van der Waals surface area contributed by atoms with Crippen molar-refractivity contribution < 1.29 is 9.53 Å². The van der Waals surface area contributed by atoms with E-state index in [0.29, 0.717) is 5.92 Å². The van der Waals surface area contributed by atoms with Crippen LogP contribution in [0.4, 0.5) is 0 Å². The highest BCUT2D eigenvalue weighted by Gasteiger charge is 2.32. The molecule has 4 nitrogen and oxygen atoms in total. The van der Waals surface area contributed by atoms with Crippen LogP contribution in [0, 0.1) is 5.92 Å². The van der Waals surface area contributed by atoms with E-state index < -0.39 is 0 Å². The van der Waals surface area contributed by atoms with Crippen LogP contribution in [-0.2, 0) is 9.53 Å². The van der Waals surface area contributed by atoms with E-state index in [1.54, 1.807) is 0 Å². The van der Waals surface area contributed by atoms with Crippen LogP contribution in [0.2, 0.25) is 0 Å². The quantitative estimate of drug-likeness (QED) is 0.849. The van der Waals surface area contributed by atoms with E-state index in [1.165, 1.54) is 32.1 Å². The summed E-state index contributed by atoms with van der Waals surface area (Å²) in [5.41, 5.74) is 0.